The molecule has 1 amide bonds. The van der Waals surface area contributed by atoms with Crippen LogP contribution in [0, 0.1) is 6.92 Å². The second kappa shape index (κ2) is 6.19. The van der Waals surface area contributed by atoms with Crippen LogP contribution in [0.15, 0.2) is 30.3 Å². The van der Waals surface area contributed by atoms with Crippen LogP contribution < -0.4 is 9.47 Å². The number of benzene rings is 1. The van der Waals surface area contributed by atoms with Crippen LogP contribution in [0.5, 0.6) is 11.5 Å². The first-order valence-corrected chi connectivity index (χ1v) is 8.40. The molecule has 4 rings (SSSR count). The third-order valence-corrected chi connectivity index (χ3v) is 4.66. The number of para-hydroxylation sites is 2. The zero-order valence-electron chi connectivity index (χ0n) is 13.7. The number of amides is 1. The Hall–Kier alpha value is -2.50. The molecule has 2 atom stereocenters. The van der Waals surface area contributed by atoms with Crippen LogP contribution in [-0.2, 0) is 4.79 Å². The SMILES string of the molecule is Cc1cc([C@@H]2CCCN(C(=O)[C@@H]3COc4ccccc4O3)C2)n[nH]1. The predicted octanol–water partition coefficient (Wildman–Crippen LogP) is 2.26. The molecule has 0 saturated carbocycles. The highest BCUT2D eigenvalue weighted by molar-refractivity contribution is 5.82. The molecule has 0 unspecified atom stereocenters. The maximum Gasteiger partial charge on any atom is 0.267 e. The Kier molecular flexibility index (Phi) is 3.88. The maximum atomic E-state index is 12.8. The Bertz CT molecular complexity index is 743. The number of carbonyl (C=O) groups excluding carboxylic acids is 1. The van der Waals surface area contributed by atoms with Crippen molar-refractivity contribution < 1.29 is 14.3 Å². The summed E-state index contributed by atoms with van der Waals surface area (Å²) in [5.41, 5.74) is 2.09. The van der Waals surface area contributed by atoms with E-state index in [4.69, 9.17) is 9.47 Å². The third-order valence-electron chi connectivity index (χ3n) is 4.66. The minimum Gasteiger partial charge on any atom is -0.485 e. The Morgan fingerprint density at radius 3 is 2.96 bits per heavy atom. The number of piperidine rings is 1. The predicted molar refractivity (Wildman–Crippen MR) is 88.2 cm³/mol. The molecule has 0 bridgehead atoms. The lowest BCUT2D eigenvalue weighted by molar-refractivity contribution is -0.142. The molecule has 6 heteroatoms. The first kappa shape index (κ1) is 15.1. The van der Waals surface area contributed by atoms with E-state index < -0.39 is 6.10 Å². The third kappa shape index (κ3) is 2.84. The summed E-state index contributed by atoms with van der Waals surface area (Å²) in [6, 6.07) is 9.53. The van der Waals surface area contributed by atoms with E-state index in [9.17, 15) is 4.79 Å². The van der Waals surface area contributed by atoms with Crippen molar-refractivity contribution in [3.05, 3.63) is 41.7 Å². The van der Waals surface area contributed by atoms with E-state index in [-0.39, 0.29) is 18.4 Å². The first-order chi connectivity index (χ1) is 11.7. The first-order valence-electron chi connectivity index (χ1n) is 8.40. The van der Waals surface area contributed by atoms with Gasteiger partial charge in [0.15, 0.2) is 11.5 Å². The molecule has 24 heavy (non-hydrogen) atoms. The lowest BCUT2D eigenvalue weighted by atomic mass is 9.94. The van der Waals surface area contributed by atoms with Gasteiger partial charge < -0.3 is 14.4 Å². The molecule has 2 aliphatic rings. The molecular weight excluding hydrogens is 306 g/mol. The zero-order valence-corrected chi connectivity index (χ0v) is 13.7. The van der Waals surface area contributed by atoms with E-state index in [1.54, 1.807) is 0 Å². The molecular formula is C18H21N3O3. The Morgan fingerprint density at radius 2 is 2.17 bits per heavy atom. The lowest BCUT2D eigenvalue weighted by Gasteiger charge is -2.35. The summed E-state index contributed by atoms with van der Waals surface area (Å²) in [5.74, 6) is 1.62. The summed E-state index contributed by atoms with van der Waals surface area (Å²) in [6.07, 6.45) is 1.46. The van der Waals surface area contributed by atoms with Gasteiger partial charge in [-0.2, -0.15) is 5.10 Å². The van der Waals surface area contributed by atoms with Gasteiger partial charge in [-0.3, -0.25) is 9.89 Å². The van der Waals surface area contributed by atoms with Crippen LogP contribution in [0.1, 0.15) is 30.1 Å². The fourth-order valence-electron chi connectivity index (χ4n) is 3.41. The van der Waals surface area contributed by atoms with Crippen molar-refractivity contribution in [2.75, 3.05) is 19.7 Å². The van der Waals surface area contributed by atoms with E-state index in [2.05, 4.69) is 16.3 Å². The summed E-state index contributed by atoms with van der Waals surface area (Å²) >= 11 is 0. The van der Waals surface area contributed by atoms with Crippen LogP contribution in [0.3, 0.4) is 0 Å². The van der Waals surface area contributed by atoms with E-state index in [0.29, 0.717) is 18.0 Å². The highest BCUT2D eigenvalue weighted by Crippen LogP contribution is 2.32. The van der Waals surface area contributed by atoms with Crippen molar-refractivity contribution in [2.24, 2.45) is 0 Å². The molecule has 3 heterocycles. The van der Waals surface area contributed by atoms with Crippen LogP contribution in [-0.4, -0.2) is 46.8 Å². The van der Waals surface area contributed by atoms with Gasteiger partial charge in [-0.05, 0) is 38.0 Å². The molecule has 1 saturated heterocycles. The van der Waals surface area contributed by atoms with E-state index in [0.717, 1.165) is 30.8 Å². The average molecular weight is 327 g/mol. The van der Waals surface area contributed by atoms with Crippen molar-refractivity contribution in [3.8, 4) is 11.5 Å². The number of likely N-dealkylation sites (tertiary alicyclic amines) is 1. The number of aromatic amines is 1. The Labute approximate surface area is 140 Å². The second-order valence-corrected chi connectivity index (χ2v) is 6.46. The van der Waals surface area contributed by atoms with E-state index in [1.807, 2.05) is 36.1 Å². The molecule has 1 aromatic heterocycles. The maximum absolute atomic E-state index is 12.8. The van der Waals surface area contributed by atoms with Crippen LogP contribution >= 0.6 is 0 Å². The van der Waals surface area contributed by atoms with E-state index in [1.165, 1.54) is 0 Å². The van der Waals surface area contributed by atoms with Crippen molar-refractivity contribution in [1.82, 2.24) is 15.1 Å². The number of nitrogens with zero attached hydrogens (tertiary/aromatic N) is 2. The minimum absolute atomic E-state index is 0.00135. The number of aryl methyl sites for hydroxylation is 1. The molecule has 2 aromatic rings. The highest BCUT2D eigenvalue weighted by Gasteiger charge is 2.34. The number of carbonyl (C=O) groups is 1. The quantitative estimate of drug-likeness (QED) is 0.919. The normalized spacial score (nSPS) is 23.1. The average Bonchev–Trinajstić information content (AvgIpc) is 3.07. The van der Waals surface area contributed by atoms with E-state index >= 15 is 0 Å². The van der Waals surface area contributed by atoms with Crippen molar-refractivity contribution in [3.63, 3.8) is 0 Å². The monoisotopic (exact) mass is 327 g/mol. The van der Waals surface area contributed by atoms with Gasteiger partial charge >= 0.3 is 0 Å². The van der Waals surface area contributed by atoms with Crippen molar-refractivity contribution >= 4 is 5.91 Å². The molecule has 126 valence electrons. The number of aromatic nitrogens is 2. The topological polar surface area (TPSA) is 67.5 Å². The standard InChI is InChI=1S/C18H21N3O3/c1-12-9-14(20-19-12)13-5-4-8-21(10-13)18(22)17-11-23-15-6-2-3-7-16(15)24-17/h2-3,6-7,9,13,17H,4-5,8,10-11H2,1H3,(H,19,20)/t13-,17+/m1/s1. The molecule has 2 aliphatic heterocycles. The van der Waals surface area contributed by atoms with Gasteiger partial charge in [0.25, 0.3) is 5.91 Å². The highest BCUT2D eigenvalue weighted by atomic mass is 16.6. The summed E-state index contributed by atoms with van der Waals surface area (Å²) in [7, 11) is 0. The van der Waals surface area contributed by atoms with Gasteiger partial charge in [0.1, 0.15) is 6.61 Å². The summed E-state index contributed by atoms with van der Waals surface area (Å²) in [4.78, 5) is 14.7. The smallest absolute Gasteiger partial charge is 0.267 e. The molecule has 0 aliphatic carbocycles. The summed E-state index contributed by atoms with van der Waals surface area (Å²) in [6.45, 7) is 3.70. The molecule has 1 N–H and O–H groups in total. The van der Waals surface area contributed by atoms with Gasteiger partial charge in [-0.1, -0.05) is 12.1 Å². The molecule has 0 radical (unpaired) electrons. The fourth-order valence-corrected chi connectivity index (χ4v) is 3.41. The Morgan fingerprint density at radius 1 is 1.33 bits per heavy atom. The second-order valence-electron chi connectivity index (χ2n) is 6.46. The summed E-state index contributed by atoms with van der Waals surface area (Å²) in [5, 5.41) is 7.34. The van der Waals surface area contributed by atoms with Gasteiger partial charge in [-0.15, -0.1) is 0 Å². The van der Waals surface area contributed by atoms with Crippen LogP contribution in [0.2, 0.25) is 0 Å². The number of nitrogens with one attached hydrogen (secondary N) is 1. The molecule has 1 aromatic carbocycles. The number of rotatable bonds is 2. The number of hydrogen-bond acceptors (Lipinski definition) is 4. The van der Waals surface area contributed by atoms with Crippen LogP contribution in [0.25, 0.3) is 0 Å². The largest absolute Gasteiger partial charge is 0.485 e. The lowest BCUT2D eigenvalue weighted by Crippen LogP contribution is -2.49. The number of H-pyrrole nitrogens is 1. The van der Waals surface area contributed by atoms with Crippen molar-refractivity contribution in [1.29, 1.82) is 0 Å². The van der Waals surface area contributed by atoms with Crippen molar-refractivity contribution in [2.45, 2.75) is 31.8 Å². The fraction of sp³-hybridized carbons (Fsp3) is 0.444. The number of hydrogen-bond donors (Lipinski definition) is 1. The summed E-state index contributed by atoms with van der Waals surface area (Å²) < 4.78 is 11.5. The Balaban J connectivity index is 1.45. The van der Waals surface area contributed by atoms with Crippen LogP contribution in [0.4, 0.5) is 0 Å². The van der Waals surface area contributed by atoms with Gasteiger partial charge in [0.2, 0.25) is 6.10 Å². The molecule has 0 spiro atoms. The van der Waals surface area contributed by atoms with Gasteiger partial charge in [-0.25, -0.2) is 0 Å². The zero-order chi connectivity index (χ0) is 16.5. The van der Waals surface area contributed by atoms with Gasteiger partial charge in [0, 0.05) is 24.7 Å². The van der Waals surface area contributed by atoms with Gasteiger partial charge in [0.05, 0.1) is 5.69 Å². The molecule has 6 nitrogen and oxygen atoms in total. The molecule has 1 fully saturated rings. The number of fused-ring (bicyclic) bond motifs is 1. The number of ether oxygens (including phenoxy) is 2. The minimum atomic E-state index is -0.570.